The molecule has 1 fully saturated rings. The molecule has 0 spiro atoms. The lowest BCUT2D eigenvalue weighted by Gasteiger charge is -2.11. The van der Waals surface area contributed by atoms with E-state index in [4.69, 9.17) is 11.6 Å². The Hall–Kier alpha value is -0.820. The predicted molar refractivity (Wildman–Crippen MR) is 71.8 cm³/mol. The van der Waals surface area contributed by atoms with Crippen LogP contribution >= 0.6 is 11.6 Å². The molecule has 0 amide bonds. The number of hydrogen-bond donors (Lipinski definition) is 0. The van der Waals surface area contributed by atoms with Crippen LogP contribution in [0.4, 0.5) is 0 Å². The first-order valence-electron chi connectivity index (χ1n) is 6.38. The van der Waals surface area contributed by atoms with Gasteiger partial charge in [-0.15, -0.1) is 0 Å². The van der Waals surface area contributed by atoms with E-state index in [0.29, 0.717) is 12.3 Å². The van der Waals surface area contributed by atoms with Gasteiger partial charge in [0.1, 0.15) is 0 Å². The summed E-state index contributed by atoms with van der Waals surface area (Å²) >= 11 is 6.05. The van der Waals surface area contributed by atoms with E-state index in [1.165, 1.54) is 25.7 Å². The Morgan fingerprint density at radius 2 is 1.88 bits per heavy atom. The van der Waals surface area contributed by atoms with Crippen LogP contribution in [-0.2, 0) is 0 Å². The molecule has 0 bridgehead atoms. The maximum atomic E-state index is 12.2. The van der Waals surface area contributed by atoms with Crippen LogP contribution in [0.5, 0.6) is 0 Å². The van der Waals surface area contributed by atoms with Crippen LogP contribution in [0.15, 0.2) is 12.1 Å². The number of ketones is 1. The molecule has 0 radical (unpaired) electrons. The molecular formula is C15H19ClO. The molecule has 1 aliphatic rings. The third-order valence-electron chi connectivity index (χ3n) is 3.75. The number of aryl methyl sites for hydroxylation is 2. The second-order valence-corrected chi connectivity index (χ2v) is 5.60. The number of halogens is 1. The van der Waals surface area contributed by atoms with Gasteiger partial charge in [-0.05, 0) is 43.0 Å². The maximum absolute atomic E-state index is 12.2. The Morgan fingerprint density at radius 3 is 2.53 bits per heavy atom. The van der Waals surface area contributed by atoms with Gasteiger partial charge in [0.15, 0.2) is 5.78 Å². The fourth-order valence-corrected chi connectivity index (χ4v) is 2.89. The largest absolute Gasteiger partial charge is 0.294 e. The molecule has 2 rings (SSSR count). The molecule has 92 valence electrons. The third kappa shape index (κ3) is 2.90. The van der Waals surface area contributed by atoms with E-state index in [9.17, 15) is 4.79 Å². The second-order valence-electron chi connectivity index (χ2n) is 5.19. The van der Waals surface area contributed by atoms with Crippen LogP contribution in [0, 0.1) is 19.8 Å². The SMILES string of the molecule is Cc1cc(C(=O)CC2CCCC2)c(C)cc1Cl. The van der Waals surface area contributed by atoms with Crippen LogP contribution < -0.4 is 0 Å². The standard InChI is InChI=1S/C15H19ClO/c1-10-8-14(16)11(2)7-13(10)15(17)9-12-5-3-4-6-12/h7-8,12H,3-6,9H2,1-2H3. The van der Waals surface area contributed by atoms with Gasteiger partial charge in [-0.1, -0.05) is 37.3 Å². The van der Waals surface area contributed by atoms with Gasteiger partial charge >= 0.3 is 0 Å². The van der Waals surface area contributed by atoms with Crippen LogP contribution in [-0.4, -0.2) is 5.78 Å². The van der Waals surface area contributed by atoms with Crippen LogP contribution in [0.1, 0.15) is 53.6 Å². The quantitative estimate of drug-likeness (QED) is 0.710. The third-order valence-corrected chi connectivity index (χ3v) is 4.16. The van der Waals surface area contributed by atoms with Crippen LogP contribution in [0.3, 0.4) is 0 Å². The van der Waals surface area contributed by atoms with Gasteiger partial charge in [-0.3, -0.25) is 4.79 Å². The van der Waals surface area contributed by atoms with Gasteiger partial charge in [0.05, 0.1) is 0 Å². The van der Waals surface area contributed by atoms with Crippen LogP contribution in [0.25, 0.3) is 0 Å². The Bertz CT molecular complexity index is 431. The summed E-state index contributed by atoms with van der Waals surface area (Å²) in [7, 11) is 0. The summed E-state index contributed by atoms with van der Waals surface area (Å²) in [4.78, 5) is 12.2. The highest BCUT2D eigenvalue weighted by molar-refractivity contribution is 6.31. The minimum atomic E-state index is 0.286. The number of benzene rings is 1. The van der Waals surface area contributed by atoms with Crippen molar-refractivity contribution < 1.29 is 4.79 Å². The average molecular weight is 251 g/mol. The molecule has 1 saturated carbocycles. The molecule has 17 heavy (non-hydrogen) atoms. The zero-order valence-electron chi connectivity index (χ0n) is 10.6. The summed E-state index contributed by atoms with van der Waals surface area (Å²) in [5, 5.41) is 0.750. The summed E-state index contributed by atoms with van der Waals surface area (Å²) in [5.74, 6) is 0.895. The van der Waals surface area contributed by atoms with Crippen LogP contribution in [0.2, 0.25) is 5.02 Å². The van der Waals surface area contributed by atoms with E-state index in [2.05, 4.69) is 0 Å². The number of carbonyl (C=O) groups excluding carboxylic acids is 1. The highest BCUT2D eigenvalue weighted by Crippen LogP contribution is 2.30. The van der Waals surface area contributed by atoms with Gasteiger partial charge < -0.3 is 0 Å². The first-order chi connectivity index (χ1) is 8.08. The monoisotopic (exact) mass is 250 g/mol. The first kappa shape index (κ1) is 12.6. The maximum Gasteiger partial charge on any atom is 0.163 e. The average Bonchev–Trinajstić information content (AvgIpc) is 2.76. The topological polar surface area (TPSA) is 17.1 Å². The summed E-state index contributed by atoms with van der Waals surface area (Å²) in [5.41, 5.74) is 2.86. The molecule has 1 nitrogen and oxygen atoms in total. The minimum Gasteiger partial charge on any atom is -0.294 e. The van der Waals surface area contributed by atoms with Crippen molar-refractivity contribution in [1.82, 2.24) is 0 Å². The molecule has 0 aromatic heterocycles. The van der Waals surface area contributed by atoms with Gasteiger partial charge in [0.2, 0.25) is 0 Å². The smallest absolute Gasteiger partial charge is 0.163 e. The Kier molecular flexibility index (Phi) is 3.88. The minimum absolute atomic E-state index is 0.286. The van der Waals surface area contributed by atoms with Gasteiger partial charge in [0.25, 0.3) is 0 Å². The number of Topliss-reactive ketones (excluding diaryl/α,β-unsaturated/α-hetero) is 1. The highest BCUT2D eigenvalue weighted by Gasteiger charge is 2.20. The molecule has 0 unspecified atom stereocenters. The Balaban J connectivity index is 2.15. The molecule has 0 aliphatic heterocycles. The van der Waals surface area contributed by atoms with Crippen molar-refractivity contribution in [3.63, 3.8) is 0 Å². The fraction of sp³-hybridized carbons (Fsp3) is 0.533. The molecule has 0 atom stereocenters. The van der Waals surface area contributed by atoms with Crippen molar-refractivity contribution in [1.29, 1.82) is 0 Å². The van der Waals surface area contributed by atoms with Gasteiger partial charge in [-0.2, -0.15) is 0 Å². The van der Waals surface area contributed by atoms with E-state index >= 15 is 0 Å². The second kappa shape index (κ2) is 5.22. The van der Waals surface area contributed by atoms with Crippen molar-refractivity contribution in [3.05, 3.63) is 33.8 Å². The number of rotatable bonds is 3. The van der Waals surface area contributed by atoms with Crippen molar-refractivity contribution in [2.75, 3.05) is 0 Å². The number of hydrogen-bond acceptors (Lipinski definition) is 1. The first-order valence-corrected chi connectivity index (χ1v) is 6.75. The molecule has 1 aromatic rings. The van der Waals surface area contributed by atoms with E-state index in [-0.39, 0.29) is 5.78 Å². The summed E-state index contributed by atoms with van der Waals surface area (Å²) in [6.45, 7) is 3.92. The summed E-state index contributed by atoms with van der Waals surface area (Å²) in [6, 6.07) is 3.84. The molecule has 1 aromatic carbocycles. The molecule has 2 heteroatoms. The lowest BCUT2D eigenvalue weighted by molar-refractivity contribution is 0.0961. The lowest BCUT2D eigenvalue weighted by Crippen LogP contribution is -2.08. The van der Waals surface area contributed by atoms with E-state index in [1.54, 1.807) is 0 Å². The summed E-state index contributed by atoms with van der Waals surface area (Å²) in [6.07, 6.45) is 5.73. The molecular weight excluding hydrogens is 232 g/mol. The highest BCUT2D eigenvalue weighted by atomic mass is 35.5. The van der Waals surface area contributed by atoms with Crippen molar-refractivity contribution in [2.45, 2.75) is 46.0 Å². The Labute approximate surface area is 108 Å². The van der Waals surface area contributed by atoms with Crippen molar-refractivity contribution >= 4 is 17.4 Å². The number of carbonyl (C=O) groups is 1. The zero-order valence-corrected chi connectivity index (χ0v) is 11.3. The molecule has 0 saturated heterocycles. The fourth-order valence-electron chi connectivity index (χ4n) is 2.67. The van der Waals surface area contributed by atoms with Gasteiger partial charge in [-0.25, -0.2) is 0 Å². The normalized spacial score (nSPS) is 16.4. The zero-order chi connectivity index (χ0) is 12.4. The predicted octanol–water partition coefficient (Wildman–Crippen LogP) is 4.72. The van der Waals surface area contributed by atoms with Crippen molar-refractivity contribution in [2.24, 2.45) is 5.92 Å². The molecule has 0 N–H and O–H groups in total. The van der Waals surface area contributed by atoms with Gasteiger partial charge in [0, 0.05) is 17.0 Å². The Morgan fingerprint density at radius 1 is 1.24 bits per heavy atom. The van der Waals surface area contributed by atoms with E-state index < -0.39 is 0 Å². The van der Waals surface area contributed by atoms with E-state index in [0.717, 1.165) is 21.7 Å². The lowest BCUT2D eigenvalue weighted by atomic mass is 9.94. The summed E-state index contributed by atoms with van der Waals surface area (Å²) < 4.78 is 0. The molecule has 1 aliphatic carbocycles. The van der Waals surface area contributed by atoms with Crippen molar-refractivity contribution in [3.8, 4) is 0 Å². The van der Waals surface area contributed by atoms with E-state index in [1.807, 2.05) is 26.0 Å². The molecule has 0 heterocycles.